The molecule has 0 bridgehead atoms. The van der Waals surface area contributed by atoms with E-state index in [-0.39, 0.29) is 100 Å². The molecule has 2 aliphatic heterocycles. The lowest BCUT2D eigenvalue weighted by molar-refractivity contribution is -0.138. The van der Waals surface area contributed by atoms with Crippen LogP contribution in [0.5, 0.6) is 11.5 Å². The maximum absolute atomic E-state index is 13.1. The van der Waals surface area contributed by atoms with Crippen LogP contribution in [0.2, 0.25) is 0 Å². The number of likely N-dealkylation sites (tertiary alicyclic amines) is 1. The number of ether oxygens (including phenoxy) is 5. The van der Waals surface area contributed by atoms with E-state index in [9.17, 15) is 55.0 Å². The molecule has 8 rings (SSSR count). The minimum Gasteiger partial charge on any atom is -0.505 e. The fourth-order valence-electron chi connectivity index (χ4n) is 10.6. The lowest BCUT2D eigenvalue weighted by Gasteiger charge is -2.34. The second-order valence-electron chi connectivity index (χ2n) is 22.1. The molecule has 2 saturated heterocycles. The van der Waals surface area contributed by atoms with Gasteiger partial charge in [0.05, 0.1) is 93.3 Å². The number of pyridine rings is 1. The summed E-state index contributed by atoms with van der Waals surface area (Å²) in [5.74, 6) is -1.50. The Kier molecular flexibility index (Phi) is 24.8. The number of azo groups is 1. The zero-order valence-electron chi connectivity index (χ0n) is 51.5. The summed E-state index contributed by atoms with van der Waals surface area (Å²) < 4.78 is 95.8. The van der Waals surface area contributed by atoms with Crippen LogP contribution >= 0.6 is 0 Å². The molecule has 3 heterocycles. The van der Waals surface area contributed by atoms with Gasteiger partial charge in [-0.05, 0) is 116 Å². The van der Waals surface area contributed by atoms with Crippen molar-refractivity contribution in [2.75, 3.05) is 116 Å². The number of aryl methyl sites for hydroxylation is 2. The van der Waals surface area contributed by atoms with Crippen LogP contribution in [0.25, 0.3) is 37.6 Å². The molecule has 28 nitrogen and oxygen atoms in total. The minimum absolute atomic E-state index is 0.00807. The summed E-state index contributed by atoms with van der Waals surface area (Å²) in [4.78, 5) is 75.8. The highest BCUT2D eigenvalue weighted by atomic mass is 32.2. The van der Waals surface area contributed by atoms with Crippen molar-refractivity contribution in [1.82, 2.24) is 25.0 Å². The summed E-state index contributed by atoms with van der Waals surface area (Å²) in [6.07, 6.45) is 3.44. The Morgan fingerprint density at radius 2 is 1.40 bits per heavy atom. The van der Waals surface area contributed by atoms with Crippen LogP contribution in [0.15, 0.2) is 105 Å². The van der Waals surface area contributed by atoms with Gasteiger partial charge < -0.3 is 55.8 Å². The molecule has 1 aromatic heterocycles. The predicted octanol–water partition coefficient (Wildman–Crippen LogP) is 6.15. The van der Waals surface area contributed by atoms with Crippen molar-refractivity contribution < 1.29 is 78.7 Å². The molecule has 9 N–H and O–H groups in total. The molecular formula is C63H75N11O17S2. The molecular weight excluding hydrogens is 1250 g/mol. The third kappa shape index (κ3) is 19.3. The van der Waals surface area contributed by atoms with Gasteiger partial charge in [0.2, 0.25) is 17.7 Å². The van der Waals surface area contributed by atoms with Gasteiger partial charge in [-0.3, -0.25) is 52.7 Å². The SMILES string of the molecule is [C-]#[N+][C@@H]1CCCN1C(=O)CNC(=O)c1ccnc2ccc(OCCCN3CCN(C(=O)COCCOCCOCCOCCC(=O)C(N)CCC(=O)Nc4ccc(-c5ccc(N=Nc6ccc7c(S(=O)(=O)O)cc(S(=O)(=O)O)c(N)c7c6O)c(C)c5)cc4C)CC3)cc12. The molecule has 2 fully saturated rings. The lowest BCUT2D eigenvalue weighted by atomic mass is 10.00. The molecule has 93 heavy (non-hydrogen) atoms. The number of ketones is 1. The van der Waals surface area contributed by atoms with Crippen molar-refractivity contribution in [3.63, 3.8) is 0 Å². The first-order valence-corrected chi connectivity index (χ1v) is 32.9. The van der Waals surface area contributed by atoms with Crippen LogP contribution < -0.4 is 26.8 Å². The second kappa shape index (κ2) is 32.8. The average Bonchev–Trinajstić information content (AvgIpc) is 1.04. The van der Waals surface area contributed by atoms with E-state index in [1.807, 2.05) is 25.1 Å². The highest BCUT2D eigenvalue weighted by Gasteiger charge is 2.33. The summed E-state index contributed by atoms with van der Waals surface area (Å²) in [5.41, 5.74) is 16.1. The Bertz CT molecular complexity index is 4030. The number of benzene rings is 5. The Morgan fingerprint density at radius 3 is 2.08 bits per heavy atom. The maximum atomic E-state index is 13.1. The van der Waals surface area contributed by atoms with E-state index in [0.29, 0.717) is 91.1 Å². The lowest BCUT2D eigenvalue weighted by Crippen LogP contribution is -2.50. The normalized spacial score (nSPS) is 15.0. The number of nitrogens with two attached hydrogens (primary N) is 2. The van der Waals surface area contributed by atoms with Gasteiger partial charge in [-0.1, -0.05) is 18.2 Å². The highest BCUT2D eigenvalue weighted by molar-refractivity contribution is 7.87. The zero-order valence-corrected chi connectivity index (χ0v) is 53.1. The van der Waals surface area contributed by atoms with Gasteiger partial charge in [0, 0.05) is 81.2 Å². The topological polar surface area (TPSA) is 388 Å². The maximum Gasteiger partial charge on any atom is 0.300 e. The van der Waals surface area contributed by atoms with Gasteiger partial charge in [-0.25, -0.2) is 6.57 Å². The molecule has 2 atom stereocenters. The Labute approximate surface area is 537 Å². The molecule has 0 saturated carbocycles. The molecule has 1 unspecified atom stereocenters. The molecule has 0 radical (unpaired) electrons. The summed E-state index contributed by atoms with van der Waals surface area (Å²) in [7, 11) is -10.1. The fourth-order valence-corrected chi connectivity index (χ4v) is 12.0. The van der Waals surface area contributed by atoms with Crippen LogP contribution in [0, 0.1) is 20.4 Å². The third-order valence-corrected chi connectivity index (χ3v) is 17.4. The number of hydrogen-bond acceptors (Lipinski definition) is 21. The van der Waals surface area contributed by atoms with E-state index in [2.05, 4.69) is 35.6 Å². The number of amides is 4. The number of Topliss-reactive ketones (excluding diaryl/α,β-unsaturated/α-hetero) is 1. The molecule has 496 valence electrons. The monoisotopic (exact) mass is 1320 g/mol. The van der Waals surface area contributed by atoms with Crippen molar-refractivity contribution in [1.29, 1.82) is 0 Å². The molecule has 2 aliphatic rings. The number of carbonyl (C=O) groups excluding carboxylic acids is 5. The Hall–Kier alpha value is -8.61. The summed E-state index contributed by atoms with van der Waals surface area (Å²) in [6, 6.07) is 19.7. The number of phenolic OH excluding ortho intramolecular Hbond substituents is 1. The third-order valence-electron chi connectivity index (χ3n) is 15.7. The number of hydrogen-bond donors (Lipinski definition) is 7. The summed E-state index contributed by atoms with van der Waals surface area (Å²) >= 11 is 0. The van der Waals surface area contributed by atoms with Crippen molar-refractivity contribution in [2.24, 2.45) is 16.0 Å². The van der Waals surface area contributed by atoms with E-state index in [1.54, 1.807) is 60.5 Å². The van der Waals surface area contributed by atoms with Crippen LogP contribution in [-0.4, -0.2) is 198 Å². The van der Waals surface area contributed by atoms with Gasteiger partial charge in [0.1, 0.15) is 27.8 Å². The number of phenols is 1. The number of nitrogens with one attached hydrogen (secondary N) is 2. The quantitative estimate of drug-likeness (QED) is 0.00818. The van der Waals surface area contributed by atoms with E-state index in [0.717, 1.165) is 55.2 Å². The molecule has 0 spiro atoms. The van der Waals surface area contributed by atoms with E-state index < -0.39 is 65.0 Å². The van der Waals surface area contributed by atoms with Gasteiger partial charge in [-0.15, -0.1) is 5.11 Å². The number of carbonyl (C=O) groups is 5. The van der Waals surface area contributed by atoms with Crippen LogP contribution in [0.3, 0.4) is 0 Å². The van der Waals surface area contributed by atoms with Gasteiger partial charge in [0.15, 0.2) is 11.5 Å². The standard InChI is InChI=1S/C63H75N11O17S2/c1-40-34-42(43-8-13-50(41(2)35-43)70-71-52-15-10-46-54(92(81,82)83)37-55(93(84,85)86)61(65)60(46)62(52)79)7-12-49(40)69-57(76)16-11-48(64)53(75)18-27-87-28-29-88-30-31-89-32-33-90-39-59(78)73-24-22-72(23-25-73)20-5-26-91-44-9-14-51-47(36-44)45(17-19-67-51)63(80)68-38-58(77)74-21-4-6-56(74)66-3/h7-10,12-15,17,19,34-37,48,56,79H,4-6,11,16,18,20-33,38-39,64-65H2,1-2H3,(H,68,80)(H,69,76)(H,81,82,83)(H,84,85,86)/t48?,56-/m0/s1. The first-order chi connectivity index (χ1) is 44.5. The first-order valence-electron chi connectivity index (χ1n) is 30.0. The smallest absolute Gasteiger partial charge is 0.300 e. The highest BCUT2D eigenvalue weighted by Crippen LogP contribution is 2.44. The number of aromatic nitrogens is 1. The summed E-state index contributed by atoms with van der Waals surface area (Å²) in [5, 5.41) is 24.7. The van der Waals surface area contributed by atoms with Crippen molar-refractivity contribution in [2.45, 2.75) is 74.4 Å². The number of aromatic hydroxyl groups is 1. The number of rotatable bonds is 32. The molecule has 0 aliphatic carbocycles. The Balaban J connectivity index is 0.629. The predicted molar refractivity (Wildman–Crippen MR) is 342 cm³/mol. The number of anilines is 2. The van der Waals surface area contributed by atoms with E-state index in [4.69, 9.17) is 41.7 Å². The van der Waals surface area contributed by atoms with Gasteiger partial charge in [0.25, 0.3) is 26.1 Å². The van der Waals surface area contributed by atoms with Gasteiger partial charge >= 0.3 is 6.17 Å². The molecule has 4 amide bonds. The molecule has 30 heteroatoms. The molecule has 6 aromatic rings. The number of piperazine rings is 1. The summed E-state index contributed by atoms with van der Waals surface area (Å²) in [6.45, 7) is 16.8. The molecule has 5 aromatic carbocycles. The van der Waals surface area contributed by atoms with Crippen LogP contribution in [0.4, 0.5) is 22.7 Å². The van der Waals surface area contributed by atoms with Crippen LogP contribution in [-0.2, 0) is 58.4 Å². The zero-order chi connectivity index (χ0) is 66.8. The average molecular weight is 1320 g/mol. The second-order valence-corrected chi connectivity index (χ2v) is 24.9. The van der Waals surface area contributed by atoms with Crippen molar-refractivity contribution in [3.05, 3.63) is 113 Å². The first kappa shape index (κ1) is 70.3. The Morgan fingerprint density at radius 1 is 0.742 bits per heavy atom. The number of nitrogens with zero attached hydrogens (tertiary/aromatic N) is 7. The minimum atomic E-state index is -5.08. The van der Waals surface area contributed by atoms with Gasteiger partial charge in [-0.2, -0.15) is 21.9 Å². The van der Waals surface area contributed by atoms with Crippen molar-refractivity contribution >= 4 is 94.1 Å². The van der Waals surface area contributed by atoms with E-state index >= 15 is 0 Å². The van der Waals surface area contributed by atoms with Crippen molar-refractivity contribution in [3.8, 4) is 22.6 Å². The number of nitrogen functional groups attached to an aromatic ring is 1. The fraction of sp³-hybridized carbons (Fsp3) is 0.413. The number of fused-ring (bicyclic) bond motifs is 2. The van der Waals surface area contributed by atoms with E-state index in [1.165, 1.54) is 11.0 Å². The largest absolute Gasteiger partial charge is 0.505 e. The van der Waals surface area contributed by atoms with Crippen LogP contribution in [0.1, 0.15) is 60.0 Å².